The highest BCUT2D eigenvalue weighted by Gasteiger charge is 2.49. The van der Waals surface area contributed by atoms with Crippen molar-refractivity contribution in [3.05, 3.63) is 45.3 Å². The number of halogens is 1. The van der Waals surface area contributed by atoms with E-state index in [9.17, 15) is 19.5 Å². The smallest absolute Gasteiger partial charge is 0.179 e. The molecule has 0 N–H and O–H groups in total. The van der Waals surface area contributed by atoms with Gasteiger partial charge in [0.15, 0.2) is 23.1 Å². The Kier molecular flexibility index (Phi) is 6.75. The number of rotatable bonds is 6. The van der Waals surface area contributed by atoms with Gasteiger partial charge in [-0.2, -0.15) is 0 Å². The lowest BCUT2D eigenvalue weighted by Gasteiger charge is -2.49. The highest BCUT2D eigenvalue weighted by Crippen LogP contribution is 2.55. The largest absolute Gasteiger partial charge is 0.548 e. The summed E-state index contributed by atoms with van der Waals surface area (Å²) in [6.07, 6.45) is 1.61. The van der Waals surface area contributed by atoms with Crippen LogP contribution in [0, 0.1) is 10.8 Å². The zero-order valence-electron chi connectivity index (χ0n) is 21.7. The number of carboxylic acid groups (broad SMARTS) is 1. The number of carbonyl (C=O) groups is 3. The summed E-state index contributed by atoms with van der Waals surface area (Å²) in [5, 5.41) is 12.2. The minimum atomic E-state index is -1.26. The molecule has 1 aliphatic heterocycles. The topological polar surface area (TPSA) is 96.0 Å². The summed E-state index contributed by atoms with van der Waals surface area (Å²) in [5.41, 5.74) is 2.17. The van der Waals surface area contributed by atoms with Crippen molar-refractivity contribution < 1.29 is 29.0 Å². The zero-order chi connectivity index (χ0) is 26.6. The van der Waals surface area contributed by atoms with Crippen LogP contribution < -0.4 is 14.6 Å². The molecule has 1 aromatic carbocycles. The highest BCUT2D eigenvalue weighted by molar-refractivity contribution is 6.32. The number of allylic oxidation sites excluding steroid dienone is 4. The van der Waals surface area contributed by atoms with Crippen LogP contribution in [0.3, 0.4) is 0 Å². The fourth-order valence-electron chi connectivity index (χ4n) is 5.92. The van der Waals surface area contributed by atoms with Crippen molar-refractivity contribution in [3.8, 4) is 11.5 Å². The van der Waals surface area contributed by atoms with Gasteiger partial charge < -0.3 is 24.3 Å². The van der Waals surface area contributed by atoms with Crippen LogP contribution in [0.25, 0.3) is 0 Å². The minimum Gasteiger partial charge on any atom is -0.548 e. The van der Waals surface area contributed by atoms with Crippen molar-refractivity contribution in [2.24, 2.45) is 10.8 Å². The normalized spacial score (nSPS) is 21.4. The van der Waals surface area contributed by atoms with E-state index in [1.54, 1.807) is 17.0 Å². The molecule has 0 radical (unpaired) electrons. The van der Waals surface area contributed by atoms with Gasteiger partial charge in [0.05, 0.1) is 31.3 Å². The van der Waals surface area contributed by atoms with Crippen LogP contribution >= 0.6 is 11.6 Å². The summed E-state index contributed by atoms with van der Waals surface area (Å²) >= 11 is 6.60. The molecular formula is C28H33ClNO6-. The highest BCUT2D eigenvalue weighted by atomic mass is 35.5. The average Bonchev–Trinajstić information content (AvgIpc) is 2.73. The zero-order valence-corrected chi connectivity index (χ0v) is 22.5. The summed E-state index contributed by atoms with van der Waals surface area (Å²) in [4.78, 5) is 41.0. The average molecular weight is 515 g/mol. The van der Waals surface area contributed by atoms with Gasteiger partial charge in [-0.3, -0.25) is 9.59 Å². The number of carboxylic acids is 1. The van der Waals surface area contributed by atoms with E-state index in [0.717, 1.165) is 0 Å². The number of aliphatic carboxylic acids is 1. The molecule has 36 heavy (non-hydrogen) atoms. The van der Waals surface area contributed by atoms with Gasteiger partial charge in [0.2, 0.25) is 0 Å². The van der Waals surface area contributed by atoms with Gasteiger partial charge in [-0.25, -0.2) is 0 Å². The molecule has 0 unspecified atom stereocenters. The second-order valence-corrected chi connectivity index (χ2v) is 11.9. The Morgan fingerprint density at radius 1 is 1.03 bits per heavy atom. The number of carbonyl (C=O) groups excluding carboxylic acids is 3. The van der Waals surface area contributed by atoms with E-state index in [4.69, 9.17) is 21.1 Å². The Balaban J connectivity index is 2.04. The molecule has 2 aliphatic carbocycles. The van der Waals surface area contributed by atoms with E-state index in [-0.39, 0.29) is 22.4 Å². The summed E-state index contributed by atoms with van der Waals surface area (Å²) in [6, 6.07) is 3.50. The first-order chi connectivity index (χ1) is 16.8. The molecule has 7 nitrogen and oxygen atoms in total. The van der Waals surface area contributed by atoms with Crippen LogP contribution in [0.5, 0.6) is 11.5 Å². The number of nitrogens with zero attached hydrogens (tertiary/aromatic N) is 1. The molecule has 1 aromatic rings. The van der Waals surface area contributed by atoms with Gasteiger partial charge >= 0.3 is 0 Å². The van der Waals surface area contributed by atoms with Gasteiger partial charge in [0, 0.05) is 41.3 Å². The summed E-state index contributed by atoms with van der Waals surface area (Å²) in [7, 11) is 1.50. The summed E-state index contributed by atoms with van der Waals surface area (Å²) < 4.78 is 11.2. The third-order valence-corrected chi connectivity index (χ3v) is 7.46. The van der Waals surface area contributed by atoms with Gasteiger partial charge in [-0.05, 0) is 48.3 Å². The quantitative estimate of drug-likeness (QED) is 0.561. The third kappa shape index (κ3) is 4.65. The minimum absolute atomic E-state index is 0.0938. The third-order valence-electron chi connectivity index (χ3n) is 7.18. The maximum Gasteiger partial charge on any atom is 0.179 e. The van der Waals surface area contributed by atoms with E-state index in [1.807, 2.05) is 34.6 Å². The number of Topliss-reactive ketones (excluding diaryl/α,β-unsaturated/α-hetero) is 2. The number of ether oxygens (including phenoxy) is 2. The van der Waals surface area contributed by atoms with Crippen LogP contribution in [0.1, 0.15) is 71.8 Å². The Bertz CT molecular complexity index is 1150. The number of hydrogen-bond donors (Lipinski definition) is 0. The van der Waals surface area contributed by atoms with Crippen LogP contribution in [-0.2, 0) is 14.4 Å². The predicted octanol–water partition coefficient (Wildman–Crippen LogP) is 4.18. The Morgan fingerprint density at radius 3 is 2.00 bits per heavy atom. The molecule has 3 aliphatic rings. The molecule has 0 bridgehead atoms. The van der Waals surface area contributed by atoms with E-state index >= 15 is 0 Å². The van der Waals surface area contributed by atoms with E-state index in [0.29, 0.717) is 76.9 Å². The van der Waals surface area contributed by atoms with Crippen molar-refractivity contribution in [3.63, 3.8) is 0 Å². The van der Waals surface area contributed by atoms with Crippen molar-refractivity contribution >= 4 is 29.1 Å². The molecular weight excluding hydrogens is 482 g/mol. The molecule has 0 saturated carbocycles. The first-order valence-corrected chi connectivity index (χ1v) is 12.7. The fraction of sp³-hybridized carbons (Fsp3) is 0.536. The molecule has 0 aromatic heterocycles. The number of methoxy groups -OCH3 is 1. The van der Waals surface area contributed by atoms with Gasteiger partial charge in [-0.1, -0.05) is 39.3 Å². The first kappa shape index (κ1) is 26.3. The standard InChI is InChI=1S/C28H34ClNO6/c1-7-36-21-9-15(8-16(29)26(21)35-6)23-24-17(10-27(2,3)12-19(24)31)30(14-22(33)34)18-11-28(4,5)13-20(32)25(18)23/h8-9,23H,7,10-14H2,1-6H3,(H,33,34)/p-1. The van der Waals surface area contributed by atoms with Crippen molar-refractivity contribution in [1.82, 2.24) is 4.90 Å². The van der Waals surface area contributed by atoms with Gasteiger partial charge in [0.1, 0.15) is 0 Å². The van der Waals surface area contributed by atoms with Gasteiger partial charge in [0.25, 0.3) is 0 Å². The number of benzene rings is 1. The fourth-order valence-corrected chi connectivity index (χ4v) is 6.21. The predicted molar refractivity (Wildman–Crippen MR) is 134 cm³/mol. The van der Waals surface area contributed by atoms with Crippen LogP contribution in [0.15, 0.2) is 34.7 Å². The van der Waals surface area contributed by atoms with Crippen LogP contribution in [0.4, 0.5) is 0 Å². The van der Waals surface area contributed by atoms with E-state index in [2.05, 4.69) is 0 Å². The molecule has 0 atom stereocenters. The molecule has 194 valence electrons. The lowest BCUT2D eigenvalue weighted by molar-refractivity contribution is -0.305. The number of ketones is 2. The second kappa shape index (κ2) is 9.25. The Labute approximate surface area is 217 Å². The molecule has 8 heteroatoms. The maximum atomic E-state index is 13.7. The van der Waals surface area contributed by atoms with Crippen molar-refractivity contribution in [1.29, 1.82) is 0 Å². The van der Waals surface area contributed by atoms with E-state index in [1.165, 1.54) is 7.11 Å². The first-order valence-electron chi connectivity index (χ1n) is 12.3. The molecule has 0 amide bonds. The monoisotopic (exact) mass is 514 g/mol. The van der Waals surface area contributed by atoms with Crippen LogP contribution in [0.2, 0.25) is 5.02 Å². The Hall–Kier alpha value is -2.80. The molecule has 0 saturated heterocycles. The Morgan fingerprint density at radius 2 is 1.56 bits per heavy atom. The summed E-state index contributed by atoms with van der Waals surface area (Å²) in [6.45, 7) is 9.80. The summed E-state index contributed by atoms with van der Waals surface area (Å²) in [5.74, 6) is -1.30. The van der Waals surface area contributed by atoms with Crippen molar-refractivity contribution in [2.75, 3.05) is 20.3 Å². The maximum absolute atomic E-state index is 13.7. The van der Waals surface area contributed by atoms with E-state index < -0.39 is 18.4 Å². The molecule has 4 rings (SSSR count). The number of hydrogen-bond acceptors (Lipinski definition) is 7. The lowest BCUT2D eigenvalue weighted by atomic mass is 9.63. The molecule has 0 spiro atoms. The van der Waals surface area contributed by atoms with Crippen molar-refractivity contribution in [2.45, 2.75) is 66.2 Å². The lowest BCUT2D eigenvalue weighted by Crippen LogP contribution is -2.47. The molecule has 0 fully saturated rings. The second-order valence-electron chi connectivity index (χ2n) is 11.5. The molecule has 1 heterocycles. The van der Waals surface area contributed by atoms with Gasteiger partial charge in [-0.15, -0.1) is 0 Å². The van der Waals surface area contributed by atoms with Crippen LogP contribution in [-0.4, -0.2) is 42.7 Å². The SMILES string of the molecule is CCOc1cc(C2C3=C(CC(C)(C)CC3=O)N(CC(=O)[O-])C3=C2C(=O)CC(C)(C)C3)cc(Cl)c1OC.